The maximum absolute atomic E-state index is 9.54. The summed E-state index contributed by atoms with van der Waals surface area (Å²) in [5.74, 6) is 0.696. The van der Waals surface area contributed by atoms with E-state index >= 15 is 0 Å². The smallest absolute Gasteiger partial charge is 0.142 e. The maximum atomic E-state index is 9.54. The van der Waals surface area contributed by atoms with Gasteiger partial charge < -0.3 is 15.6 Å². The van der Waals surface area contributed by atoms with Gasteiger partial charge in [0.05, 0.1) is 17.9 Å². The predicted molar refractivity (Wildman–Crippen MR) is 66.6 cm³/mol. The molecule has 3 N–H and O–H groups in total. The molecule has 3 nitrogen and oxygen atoms in total. The molecule has 0 radical (unpaired) electrons. The van der Waals surface area contributed by atoms with Crippen molar-refractivity contribution in [2.75, 3.05) is 12.3 Å². The standard InChI is InChI=1S/C13H21NO2/c1-4-10-5-6-12(11(14)9-10)16-8-7-13(2,3)15/h5-6,9,15H,4,7-8,14H2,1-3H3. The quantitative estimate of drug-likeness (QED) is 0.753. The zero-order chi connectivity index (χ0) is 12.2. The van der Waals surface area contributed by atoms with Crippen LogP contribution in [-0.2, 0) is 6.42 Å². The largest absolute Gasteiger partial charge is 0.491 e. The summed E-state index contributed by atoms with van der Waals surface area (Å²) in [6.45, 7) is 6.09. The second-order valence-electron chi connectivity index (χ2n) is 4.64. The Morgan fingerprint density at radius 3 is 2.56 bits per heavy atom. The topological polar surface area (TPSA) is 55.5 Å². The number of hydrogen-bond donors (Lipinski definition) is 2. The van der Waals surface area contributed by atoms with Crippen molar-refractivity contribution in [1.82, 2.24) is 0 Å². The van der Waals surface area contributed by atoms with Gasteiger partial charge in [0.1, 0.15) is 5.75 Å². The van der Waals surface area contributed by atoms with Crippen LogP contribution in [0.15, 0.2) is 18.2 Å². The molecule has 16 heavy (non-hydrogen) atoms. The van der Waals surface area contributed by atoms with Crippen molar-refractivity contribution in [3.8, 4) is 5.75 Å². The van der Waals surface area contributed by atoms with Gasteiger partial charge in [-0.05, 0) is 38.0 Å². The molecular weight excluding hydrogens is 202 g/mol. The van der Waals surface area contributed by atoms with Crippen molar-refractivity contribution >= 4 is 5.69 Å². The summed E-state index contributed by atoms with van der Waals surface area (Å²) in [5.41, 5.74) is 7.03. The van der Waals surface area contributed by atoms with Crippen LogP contribution in [-0.4, -0.2) is 17.3 Å². The second-order valence-corrected chi connectivity index (χ2v) is 4.64. The monoisotopic (exact) mass is 223 g/mol. The number of nitrogen functional groups attached to an aromatic ring is 1. The van der Waals surface area contributed by atoms with E-state index in [1.807, 2.05) is 18.2 Å². The van der Waals surface area contributed by atoms with E-state index in [9.17, 15) is 5.11 Å². The SMILES string of the molecule is CCc1ccc(OCCC(C)(C)O)c(N)c1. The summed E-state index contributed by atoms with van der Waals surface area (Å²) in [4.78, 5) is 0. The fraction of sp³-hybridized carbons (Fsp3) is 0.538. The van der Waals surface area contributed by atoms with Crippen LogP contribution >= 0.6 is 0 Å². The first-order valence-corrected chi connectivity index (χ1v) is 5.66. The molecule has 0 aliphatic carbocycles. The molecule has 0 spiro atoms. The average molecular weight is 223 g/mol. The number of benzene rings is 1. The van der Waals surface area contributed by atoms with Crippen LogP contribution in [0.1, 0.15) is 32.8 Å². The van der Waals surface area contributed by atoms with E-state index in [0.29, 0.717) is 24.5 Å². The van der Waals surface area contributed by atoms with Crippen molar-refractivity contribution < 1.29 is 9.84 Å². The van der Waals surface area contributed by atoms with Gasteiger partial charge >= 0.3 is 0 Å². The molecule has 1 rings (SSSR count). The van der Waals surface area contributed by atoms with Crippen molar-refractivity contribution in [2.24, 2.45) is 0 Å². The lowest BCUT2D eigenvalue weighted by Gasteiger charge is -2.17. The molecule has 0 unspecified atom stereocenters. The van der Waals surface area contributed by atoms with Crippen LogP contribution in [0.5, 0.6) is 5.75 Å². The van der Waals surface area contributed by atoms with Crippen LogP contribution in [0.25, 0.3) is 0 Å². The zero-order valence-corrected chi connectivity index (χ0v) is 10.3. The van der Waals surface area contributed by atoms with Gasteiger partial charge in [-0.1, -0.05) is 13.0 Å². The number of rotatable bonds is 5. The third-order valence-corrected chi connectivity index (χ3v) is 2.45. The average Bonchev–Trinajstić information content (AvgIpc) is 2.18. The minimum absolute atomic E-state index is 0.471. The number of nitrogens with two attached hydrogens (primary N) is 1. The third-order valence-electron chi connectivity index (χ3n) is 2.45. The van der Waals surface area contributed by atoms with Gasteiger partial charge in [0.25, 0.3) is 0 Å². The Morgan fingerprint density at radius 1 is 1.38 bits per heavy atom. The Morgan fingerprint density at radius 2 is 2.06 bits per heavy atom. The molecule has 0 saturated carbocycles. The molecule has 0 heterocycles. The predicted octanol–water partition coefficient (Wildman–Crippen LogP) is 2.37. The van der Waals surface area contributed by atoms with Gasteiger partial charge in [0.2, 0.25) is 0 Å². The molecule has 0 atom stereocenters. The fourth-order valence-corrected chi connectivity index (χ4v) is 1.36. The Balaban J connectivity index is 2.55. The number of aliphatic hydroxyl groups is 1. The van der Waals surface area contributed by atoms with Gasteiger partial charge in [0, 0.05) is 6.42 Å². The molecule has 0 aromatic heterocycles. The molecule has 1 aromatic rings. The van der Waals surface area contributed by atoms with Crippen LogP contribution in [0.4, 0.5) is 5.69 Å². The first-order valence-electron chi connectivity index (χ1n) is 5.66. The summed E-state index contributed by atoms with van der Waals surface area (Å²) < 4.78 is 5.53. The van der Waals surface area contributed by atoms with Crippen molar-refractivity contribution in [1.29, 1.82) is 0 Å². The Hall–Kier alpha value is -1.22. The fourth-order valence-electron chi connectivity index (χ4n) is 1.36. The molecule has 0 bridgehead atoms. The first-order chi connectivity index (χ1) is 7.42. The molecule has 0 aliphatic rings. The number of anilines is 1. The summed E-state index contributed by atoms with van der Waals surface area (Å²) in [6.07, 6.45) is 1.55. The van der Waals surface area contributed by atoms with E-state index in [2.05, 4.69) is 6.92 Å². The number of ether oxygens (including phenoxy) is 1. The lowest BCUT2D eigenvalue weighted by atomic mass is 10.1. The van der Waals surface area contributed by atoms with Crippen molar-refractivity contribution in [3.63, 3.8) is 0 Å². The molecule has 1 aromatic carbocycles. The summed E-state index contributed by atoms with van der Waals surface area (Å²) in [6, 6.07) is 5.83. The van der Waals surface area contributed by atoms with Gasteiger partial charge in [0.15, 0.2) is 0 Å². The molecule has 90 valence electrons. The highest BCUT2D eigenvalue weighted by atomic mass is 16.5. The van der Waals surface area contributed by atoms with Crippen molar-refractivity contribution in [2.45, 2.75) is 39.2 Å². The van der Waals surface area contributed by atoms with Gasteiger partial charge in [-0.2, -0.15) is 0 Å². The Bertz CT molecular complexity index is 342. The van der Waals surface area contributed by atoms with E-state index < -0.39 is 5.60 Å². The van der Waals surface area contributed by atoms with E-state index in [-0.39, 0.29) is 0 Å². The second kappa shape index (κ2) is 5.21. The lowest BCUT2D eigenvalue weighted by molar-refractivity contribution is 0.0554. The van der Waals surface area contributed by atoms with E-state index in [1.54, 1.807) is 13.8 Å². The highest BCUT2D eigenvalue weighted by molar-refractivity contribution is 5.54. The number of hydrogen-bond acceptors (Lipinski definition) is 3. The maximum Gasteiger partial charge on any atom is 0.142 e. The van der Waals surface area contributed by atoms with Crippen molar-refractivity contribution in [3.05, 3.63) is 23.8 Å². The highest BCUT2D eigenvalue weighted by Gasteiger charge is 2.12. The molecule has 3 heteroatoms. The van der Waals surface area contributed by atoms with Gasteiger partial charge in [-0.3, -0.25) is 0 Å². The minimum atomic E-state index is -0.696. The minimum Gasteiger partial charge on any atom is -0.491 e. The molecular formula is C13H21NO2. The lowest BCUT2D eigenvalue weighted by Crippen LogP contribution is -2.21. The summed E-state index contributed by atoms with van der Waals surface area (Å²) in [5, 5.41) is 9.54. The summed E-state index contributed by atoms with van der Waals surface area (Å²) >= 11 is 0. The van der Waals surface area contributed by atoms with Gasteiger partial charge in [-0.15, -0.1) is 0 Å². The zero-order valence-electron chi connectivity index (χ0n) is 10.3. The van der Waals surface area contributed by atoms with Crippen LogP contribution in [0.2, 0.25) is 0 Å². The highest BCUT2D eigenvalue weighted by Crippen LogP contribution is 2.23. The van der Waals surface area contributed by atoms with E-state index in [4.69, 9.17) is 10.5 Å². The van der Waals surface area contributed by atoms with Crippen LogP contribution < -0.4 is 10.5 Å². The molecule has 0 aliphatic heterocycles. The van der Waals surface area contributed by atoms with E-state index in [1.165, 1.54) is 5.56 Å². The first kappa shape index (κ1) is 12.8. The third kappa shape index (κ3) is 4.11. The van der Waals surface area contributed by atoms with Crippen LogP contribution in [0.3, 0.4) is 0 Å². The Labute approximate surface area is 97.2 Å². The number of aryl methyl sites for hydroxylation is 1. The summed E-state index contributed by atoms with van der Waals surface area (Å²) in [7, 11) is 0. The molecule has 0 fully saturated rings. The normalized spacial score (nSPS) is 11.5. The van der Waals surface area contributed by atoms with E-state index in [0.717, 1.165) is 6.42 Å². The Kier molecular flexibility index (Phi) is 4.19. The molecule has 0 amide bonds. The van der Waals surface area contributed by atoms with Gasteiger partial charge in [-0.25, -0.2) is 0 Å². The van der Waals surface area contributed by atoms with Crippen LogP contribution in [0, 0.1) is 0 Å². The molecule has 0 saturated heterocycles.